The van der Waals surface area contributed by atoms with Gasteiger partial charge in [-0.25, -0.2) is 0 Å². The third kappa shape index (κ3) is 10.7. The van der Waals surface area contributed by atoms with E-state index in [4.69, 9.17) is 47.5 Å². The number of esters is 1. The van der Waals surface area contributed by atoms with E-state index in [0.717, 1.165) is 11.3 Å². The summed E-state index contributed by atoms with van der Waals surface area (Å²) in [6, 6.07) is 7.81. The normalized spacial score (nSPS) is 12.3. The molecule has 0 aliphatic carbocycles. The first-order valence-corrected chi connectivity index (χ1v) is 15.3. The number of rotatable bonds is 17. The number of carbonyl (C=O) groups is 2. The van der Waals surface area contributed by atoms with E-state index in [-0.39, 0.29) is 19.4 Å². The highest BCUT2D eigenvalue weighted by molar-refractivity contribution is 7.72. The minimum absolute atomic E-state index is 0.0806. The summed E-state index contributed by atoms with van der Waals surface area (Å²) in [6.07, 6.45) is -0.108. The van der Waals surface area contributed by atoms with E-state index in [0.29, 0.717) is 37.7 Å². The number of nitrogens with zero attached hydrogens (tertiary/aromatic N) is 1. The van der Waals surface area contributed by atoms with Gasteiger partial charge in [-0.1, -0.05) is 12.1 Å². The van der Waals surface area contributed by atoms with Crippen LogP contribution in [0.3, 0.4) is 0 Å². The number of alkyl halides is 2. The molecular formula is C20H32Cl2N2O10P2. The van der Waals surface area contributed by atoms with Gasteiger partial charge in [0.15, 0.2) is 6.61 Å². The Morgan fingerprint density at radius 2 is 1.53 bits per heavy atom. The van der Waals surface area contributed by atoms with Gasteiger partial charge in [-0.3, -0.25) is 18.7 Å². The van der Waals surface area contributed by atoms with Crippen molar-refractivity contribution in [1.29, 1.82) is 0 Å². The van der Waals surface area contributed by atoms with Crippen molar-refractivity contribution in [3.05, 3.63) is 29.8 Å². The van der Waals surface area contributed by atoms with Gasteiger partial charge in [-0.05, 0) is 37.0 Å². The van der Waals surface area contributed by atoms with Crippen molar-refractivity contribution < 1.29 is 48.1 Å². The Morgan fingerprint density at radius 1 is 0.972 bits per heavy atom. The lowest BCUT2D eigenvalue weighted by Crippen LogP contribution is -2.33. The highest BCUT2D eigenvalue weighted by Crippen LogP contribution is 2.69. The number of aryl methyl sites for hydroxylation is 1. The van der Waals surface area contributed by atoms with Crippen LogP contribution < -0.4 is 10.2 Å². The standard InChI is InChI=1S/C20H32Cl2N2O10P2/c21-10-13-24(14-11-22)17-7-5-16(6-8-17)3-1-4-19(26)34-15-18(25)23-12-2-9-20(27,35(28,29)30)36(31,32)33/h5-8,27H,1-4,9-15H2,(H,23,25)(H2,28,29,30)(H2,31,32,33). The van der Waals surface area contributed by atoms with Crippen molar-refractivity contribution in [2.24, 2.45) is 0 Å². The van der Waals surface area contributed by atoms with Gasteiger partial charge in [0.2, 0.25) is 0 Å². The first-order valence-electron chi connectivity index (χ1n) is 11.0. The number of carbonyl (C=O) groups excluding carboxylic acids is 2. The van der Waals surface area contributed by atoms with Crippen LogP contribution in [0.5, 0.6) is 0 Å². The lowest BCUT2D eigenvalue weighted by atomic mass is 10.1. The summed E-state index contributed by atoms with van der Waals surface area (Å²) in [6.45, 7) is 0.500. The largest absolute Gasteiger partial charge is 0.456 e. The molecule has 0 atom stereocenters. The molecule has 0 saturated carbocycles. The number of aliphatic hydroxyl groups is 1. The molecule has 0 fully saturated rings. The molecule has 1 rings (SSSR count). The molecule has 1 aromatic rings. The first kappa shape index (κ1) is 32.8. The number of benzene rings is 1. The summed E-state index contributed by atoms with van der Waals surface area (Å²) in [7, 11) is -11.1. The van der Waals surface area contributed by atoms with Crippen molar-refractivity contribution in [1.82, 2.24) is 5.32 Å². The van der Waals surface area contributed by atoms with Crippen LogP contribution in [0.1, 0.15) is 31.2 Å². The topological polar surface area (TPSA) is 194 Å². The molecule has 0 heterocycles. The maximum Gasteiger partial charge on any atom is 0.369 e. The highest BCUT2D eigenvalue weighted by atomic mass is 35.5. The van der Waals surface area contributed by atoms with Crippen molar-refractivity contribution in [2.75, 3.05) is 42.9 Å². The third-order valence-corrected chi connectivity index (χ3v) is 9.38. The average Bonchev–Trinajstić information content (AvgIpc) is 2.79. The van der Waals surface area contributed by atoms with E-state index >= 15 is 0 Å². The summed E-state index contributed by atoms with van der Waals surface area (Å²) in [5, 5.41) is 8.49. The second-order valence-electron chi connectivity index (χ2n) is 7.86. The molecule has 0 aliphatic rings. The Morgan fingerprint density at radius 3 is 2.03 bits per heavy atom. The fourth-order valence-electron chi connectivity index (χ4n) is 3.17. The fourth-order valence-corrected chi connectivity index (χ4v) is 5.83. The Bertz CT molecular complexity index is 911. The molecule has 0 aliphatic heterocycles. The summed E-state index contributed by atoms with van der Waals surface area (Å²) in [5.41, 5.74) is 2.02. The van der Waals surface area contributed by atoms with Crippen LogP contribution in [-0.2, 0) is 29.9 Å². The van der Waals surface area contributed by atoms with Crippen LogP contribution in [0.4, 0.5) is 5.69 Å². The monoisotopic (exact) mass is 592 g/mol. The Kier molecular flexibility index (Phi) is 13.9. The van der Waals surface area contributed by atoms with E-state index in [1.165, 1.54) is 0 Å². The van der Waals surface area contributed by atoms with Crippen LogP contribution in [0.25, 0.3) is 0 Å². The number of hydrogen-bond acceptors (Lipinski definition) is 7. The molecule has 36 heavy (non-hydrogen) atoms. The van der Waals surface area contributed by atoms with Gasteiger partial charge in [0.25, 0.3) is 11.0 Å². The highest BCUT2D eigenvalue weighted by Gasteiger charge is 2.58. The average molecular weight is 593 g/mol. The predicted molar refractivity (Wildman–Crippen MR) is 135 cm³/mol. The minimum Gasteiger partial charge on any atom is -0.456 e. The zero-order valence-electron chi connectivity index (χ0n) is 19.5. The number of halogens is 2. The molecule has 0 spiro atoms. The van der Waals surface area contributed by atoms with Crippen LogP contribution in [-0.4, -0.2) is 79.6 Å². The smallest absolute Gasteiger partial charge is 0.369 e. The van der Waals surface area contributed by atoms with Crippen molar-refractivity contribution >= 4 is 56.0 Å². The molecule has 0 bridgehead atoms. The minimum atomic E-state index is -5.55. The lowest BCUT2D eigenvalue weighted by Gasteiger charge is -2.29. The molecule has 1 aromatic carbocycles. The molecule has 206 valence electrons. The summed E-state index contributed by atoms with van der Waals surface area (Å²) in [5.74, 6) is -0.340. The SMILES string of the molecule is O=C(COC(=O)CCCc1ccc(N(CCCl)CCCl)cc1)NCCCC(O)(P(=O)(O)O)P(=O)(O)O. The van der Waals surface area contributed by atoms with Gasteiger partial charge in [-0.15, -0.1) is 23.2 Å². The Labute approximate surface area is 219 Å². The van der Waals surface area contributed by atoms with E-state index in [9.17, 15) is 23.8 Å². The van der Waals surface area contributed by atoms with Crippen LogP contribution >= 0.6 is 38.4 Å². The predicted octanol–water partition coefficient (Wildman–Crippen LogP) is 1.73. The van der Waals surface area contributed by atoms with Crippen molar-refractivity contribution in [2.45, 2.75) is 37.2 Å². The maximum atomic E-state index is 11.9. The molecule has 16 heteroatoms. The van der Waals surface area contributed by atoms with E-state index in [1.54, 1.807) is 0 Å². The third-order valence-electron chi connectivity index (χ3n) is 5.17. The summed E-state index contributed by atoms with van der Waals surface area (Å²) in [4.78, 5) is 61.9. The van der Waals surface area contributed by atoms with Gasteiger partial charge in [0.05, 0.1) is 0 Å². The molecule has 0 aromatic heterocycles. The Hall–Kier alpha value is -1.20. The molecule has 6 N–H and O–H groups in total. The molecule has 0 radical (unpaired) electrons. The van der Waals surface area contributed by atoms with Gasteiger partial charge in [-0.2, -0.15) is 0 Å². The molecule has 1 amide bonds. The number of ether oxygens (including phenoxy) is 1. The quantitative estimate of drug-likeness (QED) is 0.0667. The summed E-state index contributed by atoms with van der Waals surface area (Å²) >= 11 is 11.6. The van der Waals surface area contributed by atoms with E-state index < -0.39 is 45.2 Å². The van der Waals surface area contributed by atoms with Gasteiger partial charge >= 0.3 is 21.2 Å². The number of hydrogen-bond donors (Lipinski definition) is 6. The second kappa shape index (κ2) is 15.3. The zero-order valence-corrected chi connectivity index (χ0v) is 22.8. The zero-order chi connectivity index (χ0) is 27.4. The number of nitrogens with one attached hydrogen (secondary N) is 1. The van der Waals surface area contributed by atoms with E-state index in [1.807, 2.05) is 24.3 Å². The number of anilines is 1. The number of amides is 1. The molecule has 12 nitrogen and oxygen atoms in total. The Balaban J connectivity index is 2.34. The lowest BCUT2D eigenvalue weighted by molar-refractivity contribution is -0.148. The molecule has 0 saturated heterocycles. The molecular weight excluding hydrogens is 561 g/mol. The maximum absolute atomic E-state index is 11.9. The summed E-state index contributed by atoms with van der Waals surface area (Å²) < 4.78 is 27.4. The fraction of sp³-hybridized carbons (Fsp3) is 0.600. The van der Waals surface area contributed by atoms with Crippen LogP contribution in [0.15, 0.2) is 24.3 Å². The molecule has 0 unspecified atom stereocenters. The second-order valence-corrected chi connectivity index (χ2v) is 12.6. The van der Waals surface area contributed by atoms with Gasteiger partial charge in [0, 0.05) is 49.9 Å². The van der Waals surface area contributed by atoms with Crippen molar-refractivity contribution in [3.63, 3.8) is 0 Å². The van der Waals surface area contributed by atoms with Gasteiger partial charge in [0.1, 0.15) is 0 Å². The van der Waals surface area contributed by atoms with Crippen molar-refractivity contribution in [3.8, 4) is 0 Å². The van der Waals surface area contributed by atoms with E-state index in [2.05, 4.69) is 10.2 Å². The van der Waals surface area contributed by atoms with Gasteiger partial charge < -0.3 is 39.6 Å². The first-order chi connectivity index (χ1) is 16.7. The van der Waals surface area contributed by atoms with Crippen LogP contribution in [0, 0.1) is 0 Å². The van der Waals surface area contributed by atoms with Crippen LogP contribution in [0.2, 0.25) is 0 Å².